The Bertz CT molecular complexity index is 1000. The summed E-state index contributed by atoms with van der Waals surface area (Å²) in [5.41, 5.74) is 5.19. The molecule has 35 heavy (non-hydrogen) atoms. The molecule has 1 heterocycles. The van der Waals surface area contributed by atoms with Crippen LogP contribution in [-0.2, 0) is 11.2 Å². The highest BCUT2D eigenvalue weighted by Gasteiger charge is 2.41. The average molecular weight is 486 g/mol. The highest BCUT2D eigenvalue weighted by atomic mass is 19.4. The first-order chi connectivity index (χ1) is 16.9. The van der Waals surface area contributed by atoms with E-state index in [4.69, 9.17) is 9.47 Å². The molecule has 0 bridgehead atoms. The van der Waals surface area contributed by atoms with Crippen LogP contribution in [-0.4, -0.2) is 30.5 Å². The second-order valence-corrected chi connectivity index (χ2v) is 8.68. The van der Waals surface area contributed by atoms with Gasteiger partial charge in [0, 0.05) is 18.4 Å². The Labute approximate surface area is 206 Å². The van der Waals surface area contributed by atoms with E-state index in [0.29, 0.717) is 12.2 Å². The van der Waals surface area contributed by atoms with Gasteiger partial charge in [0.25, 0.3) is 0 Å². The molecule has 3 rings (SSSR count). The van der Waals surface area contributed by atoms with Crippen molar-refractivity contribution in [2.75, 3.05) is 13.2 Å². The minimum atomic E-state index is -4.46. The maximum Gasteiger partial charge on any atom is 0.417 e. The van der Waals surface area contributed by atoms with Crippen LogP contribution >= 0.6 is 0 Å². The lowest BCUT2D eigenvalue weighted by Gasteiger charge is -2.21. The SMILES string of the molecule is CCCCCc1ccc(-c2ccc(-c3ccc(OCC(OCCCC)C(F)(F)F)cc3)cc2)nc1. The van der Waals surface area contributed by atoms with Crippen molar-refractivity contribution in [2.24, 2.45) is 0 Å². The van der Waals surface area contributed by atoms with E-state index in [1.807, 2.05) is 49.5 Å². The Hall–Kier alpha value is -2.86. The summed E-state index contributed by atoms with van der Waals surface area (Å²) in [5, 5.41) is 0. The van der Waals surface area contributed by atoms with E-state index in [-0.39, 0.29) is 6.61 Å². The first-order valence-electron chi connectivity index (χ1n) is 12.4. The van der Waals surface area contributed by atoms with Crippen LogP contribution in [0.25, 0.3) is 22.4 Å². The summed E-state index contributed by atoms with van der Waals surface area (Å²) >= 11 is 0. The van der Waals surface area contributed by atoms with Gasteiger partial charge in [-0.1, -0.05) is 75.6 Å². The average Bonchev–Trinajstić information content (AvgIpc) is 2.86. The fraction of sp³-hybridized carbons (Fsp3) is 0.414. The summed E-state index contributed by atoms with van der Waals surface area (Å²) in [6, 6.07) is 19.3. The second kappa shape index (κ2) is 13.3. The number of hydrogen-bond acceptors (Lipinski definition) is 3. The number of benzene rings is 2. The van der Waals surface area contributed by atoms with Crippen molar-refractivity contribution in [1.29, 1.82) is 0 Å². The molecule has 0 saturated heterocycles. The number of unbranched alkanes of at least 4 members (excludes halogenated alkanes) is 3. The van der Waals surface area contributed by atoms with Crippen molar-refractivity contribution >= 4 is 0 Å². The van der Waals surface area contributed by atoms with Gasteiger partial charge in [-0.05, 0) is 54.2 Å². The number of aryl methyl sites for hydroxylation is 1. The molecular formula is C29H34F3NO2. The van der Waals surface area contributed by atoms with E-state index < -0.39 is 18.9 Å². The van der Waals surface area contributed by atoms with Crippen LogP contribution in [0.2, 0.25) is 0 Å². The van der Waals surface area contributed by atoms with E-state index in [0.717, 1.165) is 35.2 Å². The topological polar surface area (TPSA) is 31.4 Å². The van der Waals surface area contributed by atoms with Crippen molar-refractivity contribution < 1.29 is 22.6 Å². The molecule has 0 fully saturated rings. The maximum atomic E-state index is 13.2. The molecule has 0 saturated carbocycles. The van der Waals surface area contributed by atoms with Crippen molar-refractivity contribution in [3.05, 3.63) is 72.4 Å². The zero-order valence-electron chi connectivity index (χ0n) is 20.5. The Morgan fingerprint density at radius 3 is 1.97 bits per heavy atom. The number of rotatable bonds is 13. The number of pyridine rings is 1. The molecule has 1 atom stereocenters. The quantitative estimate of drug-likeness (QED) is 0.228. The van der Waals surface area contributed by atoms with Gasteiger partial charge in [0.15, 0.2) is 6.10 Å². The standard InChI is InChI=1S/C29H34F3NO2/c1-3-5-7-8-22-9-18-27(33-20-22)25-12-10-23(11-13-25)24-14-16-26(17-15-24)35-21-28(29(30,31)32)34-19-6-4-2/h9-18,20,28H,3-8,19,21H2,1-2H3. The normalized spacial score (nSPS) is 12.5. The monoisotopic (exact) mass is 485 g/mol. The zero-order valence-corrected chi connectivity index (χ0v) is 20.5. The summed E-state index contributed by atoms with van der Waals surface area (Å²) in [4.78, 5) is 4.61. The third kappa shape index (κ3) is 8.39. The van der Waals surface area contributed by atoms with E-state index >= 15 is 0 Å². The molecule has 0 aliphatic carbocycles. The van der Waals surface area contributed by atoms with Gasteiger partial charge in [-0.15, -0.1) is 0 Å². The Kier molecular flexibility index (Phi) is 10.2. The van der Waals surface area contributed by atoms with Gasteiger partial charge in [-0.25, -0.2) is 0 Å². The molecule has 3 nitrogen and oxygen atoms in total. The molecule has 2 aromatic carbocycles. The molecule has 6 heteroatoms. The maximum absolute atomic E-state index is 13.2. The molecule has 1 unspecified atom stereocenters. The second-order valence-electron chi connectivity index (χ2n) is 8.68. The lowest BCUT2D eigenvalue weighted by Crippen LogP contribution is -2.37. The highest BCUT2D eigenvalue weighted by molar-refractivity contribution is 5.69. The van der Waals surface area contributed by atoms with E-state index in [2.05, 4.69) is 24.0 Å². The van der Waals surface area contributed by atoms with Gasteiger partial charge >= 0.3 is 6.18 Å². The lowest BCUT2D eigenvalue weighted by molar-refractivity contribution is -0.227. The zero-order chi connectivity index (χ0) is 25.1. The van der Waals surface area contributed by atoms with Crippen LogP contribution in [0.4, 0.5) is 13.2 Å². The largest absolute Gasteiger partial charge is 0.491 e. The van der Waals surface area contributed by atoms with Crippen molar-refractivity contribution in [1.82, 2.24) is 4.98 Å². The third-order valence-electron chi connectivity index (χ3n) is 5.85. The third-order valence-corrected chi connectivity index (χ3v) is 5.85. The van der Waals surface area contributed by atoms with Gasteiger partial charge in [-0.2, -0.15) is 13.2 Å². The number of halogens is 3. The predicted molar refractivity (Wildman–Crippen MR) is 135 cm³/mol. The van der Waals surface area contributed by atoms with Crippen molar-refractivity contribution in [3.63, 3.8) is 0 Å². The van der Waals surface area contributed by atoms with Crippen LogP contribution in [0, 0.1) is 0 Å². The first-order valence-corrected chi connectivity index (χ1v) is 12.4. The number of hydrogen-bond donors (Lipinski definition) is 0. The van der Waals surface area contributed by atoms with Gasteiger partial charge in [0.2, 0.25) is 0 Å². The summed E-state index contributed by atoms with van der Waals surface area (Å²) in [7, 11) is 0. The molecular weight excluding hydrogens is 451 g/mol. The Morgan fingerprint density at radius 2 is 1.40 bits per heavy atom. The van der Waals surface area contributed by atoms with Crippen LogP contribution in [0.3, 0.4) is 0 Å². The van der Waals surface area contributed by atoms with Gasteiger partial charge in [0.1, 0.15) is 12.4 Å². The van der Waals surface area contributed by atoms with Gasteiger partial charge in [0.05, 0.1) is 5.69 Å². The van der Waals surface area contributed by atoms with Crippen molar-refractivity contribution in [3.8, 4) is 28.1 Å². The number of aromatic nitrogens is 1. The van der Waals surface area contributed by atoms with E-state index in [1.165, 1.54) is 24.8 Å². The van der Waals surface area contributed by atoms with Gasteiger partial charge in [-0.3, -0.25) is 4.98 Å². The summed E-state index contributed by atoms with van der Waals surface area (Å²) in [5.74, 6) is 0.377. The van der Waals surface area contributed by atoms with Crippen LogP contribution in [0.5, 0.6) is 5.75 Å². The Morgan fingerprint density at radius 1 is 0.771 bits per heavy atom. The van der Waals surface area contributed by atoms with Crippen LogP contribution < -0.4 is 4.74 Å². The Balaban J connectivity index is 1.58. The minimum absolute atomic E-state index is 0.0671. The highest BCUT2D eigenvalue weighted by Crippen LogP contribution is 2.27. The minimum Gasteiger partial charge on any atom is -0.491 e. The molecule has 0 N–H and O–H groups in total. The molecule has 0 radical (unpaired) electrons. The number of nitrogens with zero attached hydrogens (tertiary/aromatic N) is 1. The number of alkyl halides is 3. The molecule has 1 aromatic heterocycles. The predicted octanol–water partition coefficient (Wildman–Crippen LogP) is 8.27. The summed E-state index contributed by atoms with van der Waals surface area (Å²) in [6.07, 6.45) is 1.61. The lowest BCUT2D eigenvalue weighted by atomic mass is 10.0. The van der Waals surface area contributed by atoms with Crippen LogP contribution in [0.1, 0.15) is 51.5 Å². The number of ether oxygens (including phenoxy) is 2. The first kappa shape index (κ1) is 26.7. The molecule has 0 aliphatic heterocycles. The smallest absolute Gasteiger partial charge is 0.417 e. The van der Waals surface area contributed by atoms with E-state index in [9.17, 15) is 13.2 Å². The molecule has 0 aliphatic rings. The van der Waals surface area contributed by atoms with E-state index in [1.54, 1.807) is 12.1 Å². The molecule has 0 spiro atoms. The molecule has 3 aromatic rings. The molecule has 0 amide bonds. The fourth-order valence-electron chi connectivity index (χ4n) is 3.68. The molecule has 188 valence electrons. The van der Waals surface area contributed by atoms with Gasteiger partial charge < -0.3 is 9.47 Å². The van der Waals surface area contributed by atoms with Crippen molar-refractivity contribution in [2.45, 2.75) is 64.7 Å². The summed E-state index contributed by atoms with van der Waals surface area (Å²) in [6.45, 7) is 3.61. The summed E-state index contributed by atoms with van der Waals surface area (Å²) < 4.78 is 49.9. The fourth-order valence-corrected chi connectivity index (χ4v) is 3.68. The van der Waals surface area contributed by atoms with Crippen LogP contribution in [0.15, 0.2) is 66.9 Å².